The zero-order valence-electron chi connectivity index (χ0n) is 11.1. The zero-order chi connectivity index (χ0) is 14.0. The molecule has 0 unspecified atom stereocenters. The third-order valence-corrected chi connectivity index (χ3v) is 3.00. The van der Waals surface area contributed by atoms with Crippen molar-refractivity contribution in [2.75, 3.05) is 12.4 Å². The van der Waals surface area contributed by atoms with Gasteiger partial charge in [-0.05, 0) is 49.2 Å². The minimum atomic E-state index is -0.233. The van der Waals surface area contributed by atoms with Crippen molar-refractivity contribution in [3.05, 3.63) is 46.8 Å². The fourth-order valence-corrected chi connectivity index (χ4v) is 1.97. The molecule has 2 aromatic rings. The van der Waals surface area contributed by atoms with Gasteiger partial charge < -0.3 is 5.32 Å². The average molecular weight is 255 g/mol. The minimum absolute atomic E-state index is 0.233. The minimum Gasteiger partial charge on any atom is -0.372 e. The molecule has 0 aliphatic carbocycles. The van der Waals surface area contributed by atoms with Crippen LogP contribution in [0.3, 0.4) is 0 Å². The Bertz CT molecular complexity index is 672. The van der Waals surface area contributed by atoms with Gasteiger partial charge in [-0.3, -0.25) is 0 Å². The molecule has 0 aliphatic rings. The van der Waals surface area contributed by atoms with Crippen molar-refractivity contribution in [1.29, 1.82) is 5.26 Å². The van der Waals surface area contributed by atoms with Gasteiger partial charge in [0.25, 0.3) is 0 Å². The first-order chi connectivity index (χ1) is 9.06. The summed E-state index contributed by atoms with van der Waals surface area (Å²) < 4.78 is 13.3. The van der Waals surface area contributed by atoms with Crippen LogP contribution >= 0.6 is 0 Å². The smallest absolute Gasteiger partial charge is 0.144 e. The average Bonchev–Trinajstić information content (AvgIpc) is 2.41. The summed E-state index contributed by atoms with van der Waals surface area (Å²) in [6.45, 7) is 3.61. The normalized spacial score (nSPS) is 10.1. The molecule has 1 aromatic carbocycles. The lowest BCUT2D eigenvalue weighted by atomic mass is 10.0. The molecule has 1 aromatic heterocycles. The largest absolute Gasteiger partial charge is 0.372 e. The predicted molar refractivity (Wildman–Crippen MR) is 73.4 cm³/mol. The van der Waals surface area contributed by atoms with E-state index >= 15 is 0 Å². The number of aromatic nitrogens is 1. The Labute approximate surface area is 111 Å². The van der Waals surface area contributed by atoms with Crippen LogP contribution < -0.4 is 5.32 Å². The molecule has 0 spiro atoms. The van der Waals surface area contributed by atoms with E-state index in [0.29, 0.717) is 16.9 Å². The zero-order valence-corrected chi connectivity index (χ0v) is 11.1. The van der Waals surface area contributed by atoms with Crippen LogP contribution in [-0.4, -0.2) is 12.0 Å². The van der Waals surface area contributed by atoms with Crippen LogP contribution in [0.15, 0.2) is 24.3 Å². The molecule has 96 valence electrons. The molecule has 0 aliphatic heterocycles. The summed E-state index contributed by atoms with van der Waals surface area (Å²) in [5.74, 6) is 0.300. The number of aryl methyl sites for hydroxylation is 2. The van der Waals surface area contributed by atoms with Crippen LogP contribution in [0, 0.1) is 31.0 Å². The van der Waals surface area contributed by atoms with Crippen LogP contribution in [0.2, 0.25) is 0 Å². The Kier molecular flexibility index (Phi) is 3.48. The number of halogens is 1. The fourth-order valence-electron chi connectivity index (χ4n) is 1.97. The maximum Gasteiger partial charge on any atom is 0.144 e. The Morgan fingerprint density at radius 3 is 2.53 bits per heavy atom. The molecule has 0 amide bonds. The van der Waals surface area contributed by atoms with Crippen molar-refractivity contribution < 1.29 is 4.39 Å². The molecule has 3 nitrogen and oxygen atoms in total. The van der Waals surface area contributed by atoms with E-state index in [0.717, 1.165) is 16.8 Å². The van der Waals surface area contributed by atoms with Gasteiger partial charge in [0.2, 0.25) is 0 Å². The quantitative estimate of drug-likeness (QED) is 0.894. The van der Waals surface area contributed by atoms with Crippen molar-refractivity contribution >= 4 is 5.82 Å². The summed E-state index contributed by atoms with van der Waals surface area (Å²) in [4.78, 5) is 4.45. The summed E-state index contributed by atoms with van der Waals surface area (Å²) in [5.41, 5.74) is 3.57. The number of anilines is 1. The molecule has 1 N–H and O–H groups in total. The number of nitriles is 1. The summed E-state index contributed by atoms with van der Waals surface area (Å²) in [5, 5.41) is 11.9. The van der Waals surface area contributed by atoms with Crippen molar-refractivity contribution in [2.24, 2.45) is 0 Å². The van der Waals surface area contributed by atoms with Crippen molar-refractivity contribution in [1.82, 2.24) is 4.98 Å². The predicted octanol–water partition coefficient (Wildman–Crippen LogP) is 3.42. The molecule has 0 saturated carbocycles. The highest BCUT2D eigenvalue weighted by atomic mass is 19.1. The van der Waals surface area contributed by atoms with Gasteiger partial charge in [-0.25, -0.2) is 9.37 Å². The van der Waals surface area contributed by atoms with Crippen LogP contribution in [0.5, 0.6) is 0 Å². The monoisotopic (exact) mass is 255 g/mol. The van der Waals surface area contributed by atoms with Gasteiger partial charge in [-0.15, -0.1) is 0 Å². The van der Waals surface area contributed by atoms with Gasteiger partial charge in [0, 0.05) is 12.6 Å². The van der Waals surface area contributed by atoms with Gasteiger partial charge in [0.05, 0.1) is 11.3 Å². The number of benzene rings is 1. The second-order valence-corrected chi connectivity index (χ2v) is 4.38. The first-order valence-electron chi connectivity index (χ1n) is 5.93. The summed E-state index contributed by atoms with van der Waals surface area (Å²) in [7, 11) is 1.72. The lowest BCUT2D eigenvalue weighted by Gasteiger charge is -2.10. The van der Waals surface area contributed by atoms with Crippen LogP contribution in [0.25, 0.3) is 11.3 Å². The third-order valence-electron chi connectivity index (χ3n) is 3.00. The fraction of sp³-hybridized carbons (Fsp3) is 0.200. The molecule has 2 rings (SSSR count). The maximum atomic E-state index is 13.3. The maximum absolute atomic E-state index is 13.3. The Morgan fingerprint density at radius 2 is 1.95 bits per heavy atom. The van der Waals surface area contributed by atoms with E-state index in [4.69, 9.17) is 5.26 Å². The number of hydrogen-bond acceptors (Lipinski definition) is 3. The van der Waals surface area contributed by atoms with Gasteiger partial charge in [-0.1, -0.05) is 0 Å². The van der Waals surface area contributed by atoms with Crippen LogP contribution in [0.4, 0.5) is 10.2 Å². The standard InChI is InChI=1S/C15H14FN3/c1-9-6-11(4-5-13(9)16)14-10(2)7-12(8-17)15(18-3)19-14/h4-7H,1-3H3,(H,18,19). The molecule has 0 saturated heterocycles. The lowest BCUT2D eigenvalue weighted by Crippen LogP contribution is -2.00. The second-order valence-electron chi connectivity index (χ2n) is 4.38. The summed E-state index contributed by atoms with van der Waals surface area (Å²) in [6, 6.07) is 8.78. The lowest BCUT2D eigenvalue weighted by molar-refractivity contribution is 0.619. The number of hydrogen-bond donors (Lipinski definition) is 1. The highest BCUT2D eigenvalue weighted by Gasteiger charge is 2.11. The molecule has 0 bridgehead atoms. The number of pyridine rings is 1. The number of nitrogens with zero attached hydrogens (tertiary/aromatic N) is 2. The highest BCUT2D eigenvalue weighted by Crippen LogP contribution is 2.26. The first kappa shape index (κ1) is 13.0. The molecule has 1 heterocycles. The third kappa shape index (κ3) is 2.41. The second kappa shape index (κ2) is 5.07. The van der Waals surface area contributed by atoms with Crippen molar-refractivity contribution in [3.8, 4) is 17.3 Å². The molecule has 19 heavy (non-hydrogen) atoms. The van der Waals surface area contributed by atoms with Gasteiger partial charge in [-0.2, -0.15) is 5.26 Å². The number of rotatable bonds is 2. The van der Waals surface area contributed by atoms with E-state index < -0.39 is 0 Å². The van der Waals surface area contributed by atoms with Crippen LogP contribution in [0.1, 0.15) is 16.7 Å². The Hall–Kier alpha value is -2.41. The molecule has 0 fully saturated rings. The van der Waals surface area contributed by atoms with Gasteiger partial charge in [0.15, 0.2) is 0 Å². The highest BCUT2D eigenvalue weighted by molar-refractivity contribution is 5.68. The van der Waals surface area contributed by atoms with Gasteiger partial charge in [0.1, 0.15) is 17.7 Å². The number of nitrogens with one attached hydrogen (secondary N) is 1. The van der Waals surface area contributed by atoms with E-state index in [1.165, 1.54) is 6.07 Å². The Balaban J connectivity index is 2.62. The summed E-state index contributed by atoms with van der Waals surface area (Å²) >= 11 is 0. The van der Waals surface area contributed by atoms with E-state index in [9.17, 15) is 4.39 Å². The molecule has 0 radical (unpaired) electrons. The first-order valence-corrected chi connectivity index (χ1v) is 5.93. The van der Waals surface area contributed by atoms with E-state index in [2.05, 4.69) is 16.4 Å². The molecule has 4 heteroatoms. The molecule has 0 atom stereocenters. The van der Waals surface area contributed by atoms with Gasteiger partial charge >= 0.3 is 0 Å². The van der Waals surface area contributed by atoms with Crippen LogP contribution in [-0.2, 0) is 0 Å². The van der Waals surface area contributed by atoms with Crippen molar-refractivity contribution in [2.45, 2.75) is 13.8 Å². The summed E-state index contributed by atoms with van der Waals surface area (Å²) in [6.07, 6.45) is 0. The SMILES string of the molecule is CNc1nc(-c2ccc(F)c(C)c2)c(C)cc1C#N. The topological polar surface area (TPSA) is 48.7 Å². The van der Waals surface area contributed by atoms with E-state index in [1.807, 2.05) is 6.92 Å². The van der Waals surface area contributed by atoms with E-state index in [1.54, 1.807) is 32.2 Å². The molecular formula is C15H14FN3. The van der Waals surface area contributed by atoms with Crippen molar-refractivity contribution in [3.63, 3.8) is 0 Å². The van der Waals surface area contributed by atoms with E-state index in [-0.39, 0.29) is 5.82 Å². The molecular weight excluding hydrogens is 241 g/mol. The Morgan fingerprint density at radius 1 is 1.21 bits per heavy atom.